The third-order valence-corrected chi connectivity index (χ3v) is 4.64. The van der Waals surface area contributed by atoms with Gasteiger partial charge in [-0.1, -0.05) is 99.9 Å². The zero-order valence-electron chi connectivity index (χ0n) is 14.8. The summed E-state index contributed by atoms with van der Waals surface area (Å²) >= 11 is 3.26. The summed E-state index contributed by atoms with van der Waals surface area (Å²) < 4.78 is 0. The van der Waals surface area contributed by atoms with Crippen LogP contribution in [-0.2, 0) is 19.4 Å². The number of carbonyl (C=O) groups excluding carboxylic acids is 2. The van der Waals surface area contributed by atoms with E-state index in [0.29, 0.717) is 6.42 Å². The minimum atomic E-state index is -0.622. The van der Waals surface area contributed by atoms with Gasteiger partial charge in [0.1, 0.15) is 4.83 Å². The van der Waals surface area contributed by atoms with Gasteiger partial charge in [-0.05, 0) is 6.42 Å². The molecule has 0 aromatic carbocycles. The van der Waals surface area contributed by atoms with Crippen molar-refractivity contribution in [3.63, 3.8) is 0 Å². The van der Waals surface area contributed by atoms with Crippen molar-refractivity contribution in [2.45, 2.75) is 102 Å². The van der Waals surface area contributed by atoms with Crippen molar-refractivity contribution in [1.82, 2.24) is 0 Å². The predicted octanol–water partition coefficient (Wildman–Crippen LogP) is 5.86. The average Bonchev–Trinajstić information content (AvgIpc) is 2.53. The van der Waals surface area contributed by atoms with Gasteiger partial charge < -0.3 is 0 Å². The summed E-state index contributed by atoms with van der Waals surface area (Å²) in [5.74, 6) is -1.16. The van der Waals surface area contributed by atoms with Crippen molar-refractivity contribution in [3.8, 4) is 0 Å². The fourth-order valence-corrected chi connectivity index (χ4v) is 2.83. The van der Waals surface area contributed by atoms with Gasteiger partial charge in [-0.3, -0.25) is 0 Å². The topological polar surface area (TPSA) is 52.6 Å². The number of halogens is 1. The molecule has 23 heavy (non-hydrogen) atoms. The Labute approximate surface area is 149 Å². The fraction of sp³-hybridized carbons (Fsp3) is 0.889. The lowest BCUT2D eigenvalue weighted by atomic mass is 10.0. The van der Waals surface area contributed by atoms with Gasteiger partial charge in [0.05, 0.1) is 0 Å². The van der Waals surface area contributed by atoms with Crippen LogP contribution in [0.5, 0.6) is 0 Å². The standard InChI is InChI=1S/C18H33BrO4/c1-3-4-5-6-7-8-9-10-11-12-13-14-15-17(19)18(21)23-22-16(2)20/h17H,3-15H2,1-2H3. The molecule has 0 fully saturated rings. The predicted molar refractivity (Wildman–Crippen MR) is 96.3 cm³/mol. The SMILES string of the molecule is CCCCCCCCCCCCCCC(Br)C(=O)OOC(C)=O. The van der Waals surface area contributed by atoms with Gasteiger partial charge >= 0.3 is 11.9 Å². The van der Waals surface area contributed by atoms with Crippen LogP contribution >= 0.6 is 15.9 Å². The molecule has 0 aliphatic heterocycles. The first kappa shape index (κ1) is 22.4. The van der Waals surface area contributed by atoms with E-state index in [4.69, 9.17) is 0 Å². The second kappa shape index (κ2) is 16.3. The molecule has 4 nitrogen and oxygen atoms in total. The normalized spacial score (nSPS) is 12.0. The molecule has 0 amide bonds. The highest BCUT2D eigenvalue weighted by molar-refractivity contribution is 9.10. The largest absolute Gasteiger partial charge is 0.369 e. The molecule has 0 radical (unpaired) electrons. The van der Waals surface area contributed by atoms with Crippen LogP contribution in [0.4, 0.5) is 0 Å². The van der Waals surface area contributed by atoms with Gasteiger partial charge in [-0.25, -0.2) is 19.4 Å². The van der Waals surface area contributed by atoms with E-state index >= 15 is 0 Å². The molecule has 0 aliphatic carbocycles. The summed E-state index contributed by atoms with van der Waals surface area (Å²) in [6.45, 7) is 3.45. The molecule has 0 aliphatic rings. The Kier molecular flexibility index (Phi) is 15.9. The number of unbranched alkanes of at least 4 members (excludes halogenated alkanes) is 11. The van der Waals surface area contributed by atoms with Crippen LogP contribution in [0.3, 0.4) is 0 Å². The van der Waals surface area contributed by atoms with Gasteiger partial charge in [0.15, 0.2) is 0 Å². The van der Waals surface area contributed by atoms with E-state index in [0.717, 1.165) is 12.8 Å². The van der Waals surface area contributed by atoms with E-state index in [1.54, 1.807) is 0 Å². The summed E-state index contributed by atoms with van der Waals surface area (Å²) in [5, 5.41) is 0. The van der Waals surface area contributed by atoms with Gasteiger partial charge in [0.2, 0.25) is 0 Å². The first-order valence-electron chi connectivity index (χ1n) is 9.11. The van der Waals surface area contributed by atoms with Crippen LogP contribution in [0.2, 0.25) is 0 Å². The van der Waals surface area contributed by atoms with Crippen LogP contribution < -0.4 is 0 Å². The maximum Gasteiger partial charge on any atom is 0.369 e. The molecule has 0 aromatic heterocycles. The van der Waals surface area contributed by atoms with Crippen molar-refractivity contribution >= 4 is 27.9 Å². The first-order chi connectivity index (χ1) is 11.1. The Morgan fingerprint density at radius 3 is 1.65 bits per heavy atom. The molecule has 0 saturated heterocycles. The molecule has 5 heteroatoms. The molecular formula is C18H33BrO4. The molecule has 1 atom stereocenters. The third kappa shape index (κ3) is 16.1. The Morgan fingerprint density at radius 2 is 1.22 bits per heavy atom. The highest BCUT2D eigenvalue weighted by atomic mass is 79.9. The average molecular weight is 393 g/mol. The lowest BCUT2D eigenvalue weighted by molar-refractivity contribution is -0.256. The van der Waals surface area contributed by atoms with Crippen molar-refractivity contribution in [2.24, 2.45) is 0 Å². The first-order valence-corrected chi connectivity index (χ1v) is 10.0. The van der Waals surface area contributed by atoms with E-state index in [9.17, 15) is 9.59 Å². The van der Waals surface area contributed by atoms with Crippen LogP contribution in [0.25, 0.3) is 0 Å². The zero-order chi connectivity index (χ0) is 17.3. The minimum absolute atomic E-state index is 0.398. The molecular weight excluding hydrogens is 360 g/mol. The molecule has 0 rings (SSSR count). The minimum Gasteiger partial charge on any atom is -0.248 e. The van der Waals surface area contributed by atoms with E-state index < -0.39 is 16.8 Å². The van der Waals surface area contributed by atoms with Gasteiger partial charge in [0.25, 0.3) is 0 Å². The van der Waals surface area contributed by atoms with Crippen LogP contribution in [0.1, 0.15) is 97.3 Å². The molecule has 0 bridgehead atoms. The lowest BCUT2D eigenvalue weighted by Crippen LogP contribution is -2.19. The van der Waals surface area contributed by atoms with E-state index in [2.05, 4.69) is 32.6 Å². The smallest absolute Gasteiger partial charge is 0.248 e. The lowest BCUT2D eigenvalue weighted by Gasteiger charge is -2.07. The van der Waals surface area contributed by atoms with Crippen molar-refractivity contribution in [3.05, 3.63) is 0 Å². The molecule has 0 N–H and O–H groups in total. The number of rotatable bonds is 14. The maximum absolute atomic E-state index is 11.4. The summed E-state index contributed by atoms with van der Waals surface area (Å²) in [4.78, 5) is 30.2. The number of carbonyl (C=O) groups is 2. The second-order valence-electron chi connectivity index (χ2n) is 6.12. The summed E-state index contributed by atoms with van der Waals surface area (Å²) in [6, 6.07) is 0. The monoisotopic (exact) mass is 392 g/mol. The van der Waals surface area contributed by atoms with Gasteiger partial charge in [-0.15, -0.1) is 0 Å². The third-order valence-electron chi connectivity index (χ3n) is 3.81. The molecule has 0 spiro atoms. The van der Waals surface area contributed by atoms with Crippen LogP contribution in [0, 0.1) is 0 Å². The maximum atomic E-state index is 11.4. The van der Waals surface area contributed by atoms with Gasteiger partial charge in [0, 0.05) is 6.92 Å². The van der Waals surface area contributed by atoms with Crippen LogP contribution in [0.15, 0.2) is 0 Å². The van der Waals surface area contributed by atoms with Crippen molar-refractivity contribution in [1.29, 1.82) is 0 Å². The Hall–Kier alpha value is -0.580. The molecule has 0 heterocycles. The summed E-state index contributed by atoms with van der Waals surface area (Å²) in [5.41, 5.74) is 0. The van der Waals surface area contributed by atoms with E-state index in [1.807, 2.05) is 0 Å². The quantitative estimate of drug-likeness (QED) is 0.160. The van der Waals surface area contributed by atoms with Crippen molar-refractivity contribution in [2.75, 3.05) is 0 Å². The highest BCUT2D eigenvalue weighted by Gasteiger charge is 2.18. The summed E-state index contributed by atoms with van der Waals surface area (Å²) in [6.07, 6.45) is 16.2. The highest BCUT2D eigenvalue weighted by Crippen LogP contribution is 2.16. The van der Waals surface area contributed by atoms with E-state index in [1.165, 1.54) is 71.1 Å². The van der Waals surface area contributed by atoms with Gasteiger partial charge in [-0.2, -0.15) is 0 Å². The zero-order valence-corrected chi connectivity index (χ0v) is 16.4. The number of hydrogen-bond acceptors (Lipinski definition) is 4. The number of hydrogen-bond donors (Lipinski definition) is 0. The molecule has 136 valence electrons. The number of alkyl halides is 1. The Bertz CT molecular complexity index is 307. The van der Waals surface area contributed by atoms with Crippen LogP contribution in [-0.4, -0.2) is 16.8 Å². The molecule has 0 saturated carbocycles. The summed E-state index contributed by atoms with van der Waals surface area (Å²) in [7, 11) is 0. The Morgan fingerprint density at radius 1 is 0.783 bits per heavy atom. The second-order valence-corrected chi connectivity index (χ2v) is 7.23. The van der Waals surface area contributed by atoms with Crippen molar-refractivity contribution < 1.29 is 19.4 Å². The Balaban J connectivity index is 3.29. The fourth-order valence-electron chi connectivity index (χ4n) is 2.43. The molecule has 0 aromatic rings. The van der Waals surface area contributed by atoms with E-state index in [-0.39, 0.29) is 0 Å². The molecule has 1 unspecified atom stereocenters.